The van der Waals surface area contributed by atoms with Gasteiger partial charge in [-0.3, -0.25) is 4.79 Å². The van der Waals surface area contributed by atoms with Crippen LogP contribution in [0.5, 0.6) is 23.0 Å². The molecule has 1 N–H and O–H groups in total. The molecule has 146 valence electrons. The average Bonchev–Trinajstić information content (AvgIpc) is 2.66. The Morgan fingerprint density at radius 2 is 1.56 bits per heavy atom. The van der Waals surface area contributed by atoms with Gasteiger partial charge < -0.3 is 24.3 Å². The van der Waals surface area contributed by atoms with Crippen molar-refractivity contribution >= 4 is 11.6 Å². The van der Waals surface area contributed by atoms with Crippen LogP contribution in [-0.2, 0) is 11.2 Å². The van der Waals surface area contributed by atoms with E-state index in [1.807, 2.05) is 6.07 Å². The van der Waals surface area contributed by atoms with E-state index in [0.717, 1.165) is 5.56 Å². The van der Waals surface area contributed by atoms with Crippen molar-refractivity contribution in [3.63, 3.8) is 0 Å². The molecule has 0 atom stereocenters. The van der Waals surface area contributed by atoms with Crippen molar-refractivity contribution in [2.75, 3.05) is 26.6 Å². The molecule has 1 amide bonds. The summed E-state index contributed by atoms with van der Waals surface area (Å²) in [6.45, 7) is -2.99. The number of alkyl halides is 2. The van der Waals surface area contributed by atoms with Gasteiger partial charge >= 0.3 is 6.61 Å². The van der Waals surface area contributed by atoms with Crippen LogP contribution in [0.25, 0.3) is 0 Å². The van der Waals surface area contributed by atoms with E-state index >= 15 is 0 Å². The maximum absolute atomic E-state index is 12.5. The van der Waals surface area contributed by atoms with Crippen LogP contribution in [0.1, 0.15) is 12.0 Å². The van der Waals surface area contributed by atoms with Crippen molar-refractivity contribution in [2.45, 2.75) is 19.5 Å². The highest BCUT2D eigenvalue weighted by molar-refractivity contribution is 5.91. The molecule has 0 aliphatic carbocycles. The van der Waals surface area contributed by atoms with Gasteiger partial charge in [-0.05, 0) is 36.2 Å². The van der Waals surface area contributed by atoms with Crippen LogP contribution in [0.4, 0.5) is 14.5 Å². The molecular weight excluding hydrogens is 360 g/mol. The van der Waals surface area contributed by atoms with Gasteiger partial charge in [0.2, 0.25) is 5.91 Å². The molecule has 0 radical (unpaired) electrons. The number of carbonyl (C=O) groups excluding carboxylic acids is 1. The number of benzene rings is 2. The molecule has 0 unspecified atom stereocenters. The Morgan fingerprint density at radius 1 is 0.926 bits per heavy atom. The second-order valence-electron chi connectivity index (χ2n) is 5.48. The van der Waals surface area contributed by atoms with Crippen LogP contribution < -0.4 is 24.3 Å². The molecule has 0 aliphatic rings. The topological polar surface area (TPSA) is 66.0 Å². The number of methoxy groups -OCH3 is 3. The number of amides is 1. The van der Waals surface area contributed by atoms with E-state index in [0.29, 0.717) is 23.6 Å². The van der Waals surface area contributed by atoms with Gasteiger partial charge in [0.05, 0.1) is 21.3 Å². The molecule has 0 aromatic heterocycles. The summed E-state index contributed by atoms with van der Waals surface area (Å²) in [7, 11) is 4.43. The van der Waals surface area contributed by atoms with E-state index in [-0.39, 0.29) is 23.8 Å². The van der Waals surface area contributed by atoms with Gasteiger partial charge in [-0.1, -0.05) is 6.07 Å². The molecule has 0 aliphatic heterocycles. The Hall–Kier alpha value is -3.03. The van der Waals surface area contributed by atoms with Crippen LogP contribution in [0.3, 0.4) is 0 Å². The number of nitrogens with one attached hydrogen (secondary N) is 1. The Bertz CT molecular complexity index is 783. The first-order valence-electron chi connectivity index (χ1n) is 8.10. The highest BCUT2D eigenvalue weighted by Gasteiger charge is 2.13. The zero-order valence-corrected chi connectivity index (χ0v) is 15.3. The van der Waals surface area contributed by atoms with E-state index < -0.39 is 6.61 Å². The molecule has 0 saturated carbocycles. The van der Waals surface area contributed by atoms with Crippen molar-refractivity contribution in [1.29, 1.82) is 0 Å². The number of hydrogen-bond donors (Lipinski definition) is 1. The Balaban J connectivity index is 1.99. The van der Waals surface area contributed by atoms with Crippen LogP contribution in [0, 0.1) is 0 Å². The monoisotopic (exact) mass is 381 g/mol. The minimum Gasteiger partial charge on any atom is -0.493 e. The van der Waals surface area contributed by atoms with Crippen molar-refractivity contribution in [3.8, 4) is 23.0 Å². The molecule has 0 fully saturated rings. The predicted molar refractivity (Wildman–Crippen MR) is 96.1 cm³/mol. The summed E-state index contributed by atoms with van der Waals surface area (Å²) in [6, 6.07) is 9.70. The normalized spacial score (nSPS) is 10.4. The Morgan fingerprint density at radius 3 is 2.19 bits per heavy atom. The molecule has 2 aromatic carbocycles. The summed E-state index contributed by atoms with van der Waals surface area (Å²) in [5.74, 6) is 0.927. The van der Waals surface area contributed by atoms with Crippen molar-refractivity contribution in [2.24, 2.45) is 0 Å². The van der Waals surface area contributed by atoms with E-state index in [2.05, 4.69) is 10.1 Å². The van der Waals surface area contributed by atoms with Gasteiger partial charge in [-0.15, -0.1) is 0 Å². The lowest BCUT2D eigenvalue weighted by molar-refractivity contribution is -0.116. The SMILES string of the molecule is COc1ccc(CCC(=O)Nc2ccc(OC)c(OC(F)F)c2)cc1OC. The molecule has 27 heavy (non-hydrogen) atoms. The molecule has 2 aromatic rings. The predicted octanol–water partition coefficient (Wildman–Crippen LogP) is 3.89. The first-order valence-corrected chi connectivity index (χ1v) is 8.10. The molecular formula is C19H21F2NO5. The number of hydrogen-bond acceptors (Lipinski definition) is 5. The lowest BCUT2D eigenvalue weighted by Crippen LogP contribution is -2.13. The van der Waals surface area contributed by atoms with Gasteiger partial charge in [0.1, 0.15) is 0 Å². The maximum atomic E-state index is 12.5. The van der Waals surface area contributed by atoms with Crippen molar-refractivity contribution < 1.29 is 32.5 Å². The fourth-order valence-electron chi connectivity index (χ4n) is 2.46. The molecule has 2 rings (SSSR count). The molecule has 0 saturated heterocycles. The second-order valence-corrected chi connectivity index (χ2v) is 5.48. The second kappa shape index (κ2) is 9.61. The summed E-state index contributed by atoms with van der Waals surface area (Å²) >= 11 is 0. The fraction of sp³-hybridized carbons (Fsp3) is 0.316. The van der Waals surface area contributed by atoms with Crippen LogP contribution in [-0.4, -0.2) is 33.8 Å². The molecule has 8 heteroatoms. The minimum absolute atomic E-state index is 0.148. The van der Waals surface area contributed by atoms with E-state index in [1.54, 1.807) is 25.3 Å². The molecule has 0 bridgehead atoms. The summed E-state index contributed by atoms with van der Waals surface area (Å²) in [5.41, 5.74) is 1.24. The highest BCUT2D eigenvalue weighted by atomic mass is 19.3. The van der Waals surface area contributed by atoms with Crippen LogP contribution in [0.2, 0.25) is 0 Å². The lowest BCUT2D eigenvalue weighted by Gasteiger charge is -2.12. The highest BCUT2D eigenvalue weighted by Crippen LogP contribution is 2.32. The third-order valence-electron chi connectivity index (χ3n) is 3.75. The lowest BCUT2D eigenvalue weighted by atomic mass is 10.1. The number of anilines is 1. The zero-order valence-electron chi connectivity index (χ0n) is 15.3. The first kappa shape index (κ1) is 20.3. The largest absolute Gasteiger partial charge is 0.493 e. The van der Waals surface area contributed by atoms with Crippen LogP contribution >= 0.6 is 0 Å². The fourth-order valence-corrected chi connectivity index (χ4v) is 2.46. The third-order valence-corrected chi connectivity index (χ3v) is 3.75. The number of aryl methyl sites for hydroxylation is 1. The third kappa shape index (κ3) is 5.73. The smallest absolute Gasteiger partial charge is 0.387 e. The summed E-state index contributed by atoms with van der Waals surface area (Å²) in [5, 5.41) is 2.65. The van der Waals surface area contributed by atoms with Gasteiger partial charge in [-0.25, -0.2) is 0 Å². The van der Waals surface area contributed by atoms with Gasteiger partial charge in [0.25, 0.3) is 0 Å². The summed E-state index contributed by atoms with van der Waals surface area (Å²) in [4.78, 5) is 12.2. The molecule has 0 spiro atoms. The summed E-state index contributed by atoms with van der Waals surface area (Å²) in [6.07, 6.45) is 0.676. The zero-order chi connectivity index (χ0) is 19.8. The van der Waals surface area contributed by atoms with Crippen molar-refractivity contribution in [1.82, 2.24) is 0 Å². The Labute approximate surface area is 156 Å². The standard InChI is InChI=1S/C19H21F2NO5/c1-24-14-7-4-12(10-16(14)26-3)5-9-18(23)22-13-6-8-15(25-2)17(11-13)27-19(20)21/h4,6-8,10-11,19H,5,9H2,1-3H3,(H,22,23). The molecule has 6 nitrogen and oxygen atoms in total. The maximum Gasteiger partial charge on any atom is 0.387 e. The number of halogens is 2. The number of rotatable bonds is 9. The average molecular weight is 381 g/mol. The molecule has 0 heterocycles. The van der Waals surface area contributed by atoms with E-state index in [1.165, 1.54) is 26.4 Å². The van der Waals surface area contributed by atoms with Gasteiger partial charge in [-0.2, -0.15) is 8.78 Å². The first-order chi connectivity index (χ1) is 13.0. The Kier molecular flexibility index (Phi) is 7.22. The quantitative estimate of drug-likeness (QED) is 0.714. The van der Waals surface area contributed by atoms with Crippen molar-refractivity contribution in [3.05, 3.63) is 42.0 Å². The van der Waals surface area contributed by atoms with Crippen LogP contribution in [0.15, 0.2) is 36.4 Å². The van der Waals surface area contributed by atoms with Gasteiger partial charge in [0, 0.05) is 18.2 Å². The van der Waals surface area contributed by atoms with E-state index in [4.69, 9.17) is 14.2 Å². The van der Waals surface area contributed by atoms with E-state index in [9.17, 15) is 13.6 Å². The van der Waals surface area contributed by atoms with Gasteiger partial charge in [0.15, 0.2) is 23.0 Å². The number of ether oxygens (including phenoxy) is 4. The minimum atomic E-state index is -2.99. The summed E-state index contributed by atoms with van der Waals surface area (Å²) < 4.78 is 44.7. The number of carbonyl (C=O) groups is 1.